The molecule has 1 unspecified atom stereocenters. The van der Waals surface area contributed by atoms with E-state index in [9.17, 15) is 18.4 Å². The minimum Gasteiger partial charge on any atom is -0.496 e. The molecule has 2 aromatic rings. The number of hydrogen-bond donors (Lipinski definition) is 1. The van der Waals surface area contributed by atoms with Gasteiger partial charge < -0.3 is 19.5 Å². The zero-order chi connectivity index (χ0) is 23.3. The number of carbonyl (C=O) groups is 2. The van der Waals surface area contributed by atoms with E-state index in [1.807, 2.05) is 0 Å². The van der Waals surface area contributed by atoms with Crippen molar-refractivity contribution in [2.24, 2.45) is 11.8 Å². The average Bonchev–Trinajstić information content (AvgIpc) is 2.78. The van der Waals surface area contributed by atoms with Crippen LogP contribution in [0.3, 0.4) is 0 Å². The van der Waals surface area contributed by atoms with Gasteiger partial charge in [0.1, 0.15) is 11.5 Å². The lowest BCUT2D eigenvalue weighted by Gasteiger charge is -2.34. The Labute approximate surface area is 185 Å². The molecule has 8 heteroatoms. The Morgan fingerprint density at radius 3 is 2.53 bits per heavy atom. The summed E-state index contributed by atoms with van der Waals surface area (Å²) in [5.74, 6) is -2.57. The van der Waals surface area contributed by atoms with E-state index >= 15 is 0 Å². The third-order valence-electron chi connectivity index (χ3n) is 5.63. The van der Waals surface area contributed by atoms with Crippen molar-refractivity contribution < 1.29 is 33.0 Å². The van der Waals surface area contributed by atoms with Crippen LogP contribution in [0.1, 0.15) is 26.2 Å². The highest BCUT2D eigenvalue weighted by atomic mass is 19.2. The van der Waals surface area contributed by atoms with E-state index in [0.29, 0.717) is 36.6 Å². The Hall–Kier alpha value is -3.16. The Bertz CT molecular complexity index is 964. The van der Waals surface area contributed by atoms with Gasteiger partial charge >= 0.3 is 5.97 Å². The first kappa shape index (κ1) is 23.5. The van der Waals surface area contributed by atoms with E-state index < -0.39 is 23.5 Å². The molecule has 2 atom stereocenters. The fourth-order valence-electron chi connectivity index (χ4n) is 3.93. The summed E-state index contributed by atoms with van der Waals surface area (Å²) in [5.41, 5.74) is 1.10. The Balaban J connectivity index is 1.59. The summed E-state index contributed by atoms with van der Waals surface area (Å²) in [7, 11) is 1.40. The standard InChI is InChI=1S/C24H27F2NO5/c1-15(10-23(28)29)24(30)27-9-3-4-16(13-27)14-32-18-7-5-17(6-8-18)19-11-20(25)21(26)12-22(19)31-2/h5-8,11-12,15-16H,3-4,9-10,13-14H2,1-2H3,(H,28,29)/t15-,16?/m1/s1. The zero-order valence-electron chi connectivity index (χ0n) is 18.1. The van der Waals surface area contributed by atoms with Crippen LogP contribution in [0.2, 0.25) is 0 Å². The van der Waals surface area contributed by atoms with Crippen molar-refractivity contribution in [1.29, 1.82) is 0 Å². The van der Waals surface area contributed by atoms with E-state index in [0.717, 1.165) is 25.0 Å². The van der Waals surface area contributed by atoms with Crippen LogP contribution >= 0.6 is 0 Å². The molecule has 1 N–H and O–H groups in total. The molecular formula is C24H27F2NO5. The van der Waals surface area contributed by atoms with Crippen molar-refractivity contribution in [2.75, 3.05) is 26.8 Å². The number of carboxylic acid groups (broad SMARTS) is 1. The highest BCUT2D eigenvalue weighted by molar-refractivity contribution is 5.83. The van der Waals surface area contributed by atoms with Crippen LogP contribution < -0.4 is 9.47 Å². The van der Waals surface area contributed by atoms with Crippen LogP contribution in [0.15, 0.2) is 36.4 Å². The predicted octanol–water partition coefficient (Wildman–Crippen LogP) is 4.37. The molecule has 2 aromatic carbocycles. The number of halogens is 2. The van der Waals surface area contributed by atoms with Crippen LogP contribution in [0.5, 0.6) is 11.5 Å². The highest BCUT2D eigenvalue weighted by Gasteiger charge is 2.28. The van der Waals surface area contributed by atoms with Gasteiger partial charge in [-0.3, -0.25) is 9.59 Å². The van der Waals surface area contributed by atoms with E-state index in [1.54, 1.807) is 36.1 Å². The van der Waals surface area contributed by atoms with Crippen molar-refractivity contribution in [3.63, 3.8) is 0 Å². The summed E-state index contributed by atoms with van der Waals surface area (Å²) >= 11 is 0. The number of amides is 1. The van der Waals surface area contributed by atoms with Crippen molar-refractivity contribution in [3.8, 4) is 22.6 Å². The average molecular weight is 447 g/mol. The summed E-state index contributed by atoms with van der Waals surface area (Å²) in [6.45, 7) is 3.22. The van der Waals surface area contributed by atoms with E-state index in [2.05, 4.69) is 0 Å². The fourth-order valence-corrected chi connectivity index (χ4v) is 3.93. The van der Waals surface area contributed by atoms with E-state index in [1.165, 1.54) is 7.11 Å². The molecule has 172 valence electrons. The minimum atomic E-state index is -0.979. The van der Waals surface area contributed by atoms with Crippen LogP contribution in [0, 0.1) is 23.5 Å². The lowest BCUT2D eigenvalue weighted by molar-refractivity contribution is -0.145. The quantitative estimate of drug-likeness (QED) is 0.651. The molecule has 6 nitrogen and oxygen atoms in total. The third-order valence-corrected chi connectivity index (χ3v) is 5.63. The largest absolute Gasteiger partial charge is 0.496 e. The smallest absolute Gasteiger partial charge is 0.304 e. The van der Waals surface area contributed by atoms with Crippen molar-refractivity contribution in [2.45, 2.75) is 26.2 Å². The Kier molecular flexibility index (Phi) is 7.66. The molecule has 1 saturated heterocycles. The number of carbonyl (C=O) groups excluding carboxylic acids is 1. The molecule has 0 saturated carbocycles. The summed E-state index contributed by atoms with van der Waals surface area (Å²) in [5, 5.41) is 8.91. The molecule has 1 aliphatic rings. The zero-order valence-corrected chi connectivity index (χ0v) is 18.1. The van der Waals surface area contributed by atoms with Crippen LogP contribution in [0.4, 0.5) is 8.78 Å². The Morgan fingerprint density at radius 2 is 1.88 bits per heavy atom. The number of piperidine rings is 1. The van der Waals surface area contributed by atoms with Crippen LogP contribution in [-0.2, 0) is 9.59 Å². The van der Waals surface area contributed by atoms with Crippen molar-refractivity contribution in [1.82, 2.24) is 4.90 Å². The van der Waals surface area contributed by atoms with Gasteiger partial charge in [-0.1, -0.05) is 19.1 Å². The first-order chi connectivity index (χ1) is 15.3. The number of likely N-dealkylation sites (tertiary alicyclic amines) is 1. The van der Waals surface area contributed by atoms with E-state index in [4.69, 9.17) is 14.6 Å². The minimum absolute atomic E-state index is 0.137. The molecule has 0 radical (unpaired) electrons. The number of carboxylic acids is 1. The lowest BCUT2D eigenvalue weighted by Crippen LogP contribution is -2.44. The molecule has 1 amide bonds. The molecular weight excluding hydrogens is 420 g/mol. The normalized spacial score (nSPS) is 17.0. The van der Waals surface area contributed by atoms with Gasteiger partial charge in [0.2, 0.25) is 5.91 Å². The monoisotopic (exact) mass is 447 g/mol. The van der Waals surface area contributed by atoms with Gasteiger partial charge in [0.25, 0.3) is 0 Å². The van der Waals surface area contributed by atoms with Crippen molar-refractivity contribution >= 4 is 11.9 Å². The van der Waals surface area contributed by atoms with Crippen LogP contribution in [0.25, 0.3) is 11.1 Å². The number of aliphatic carboxylic acids is 1. The maximum atomic E-state index is 13.7. The third kappa shape index (κ3) is 5.75. The highest BCUT2D eigenvalue weighted by Crippen LogP contribution is 2.33. The predicted molar refractivity (Wildman–Crippen MR) is 115 cm³/mol. The summed E-state index contributed by atoms with van der Waals surface area (Å²) in [6, 6.07) is 9.10. The first-order valence-corrected chi connectivity index (χ1v) is 10.5. The summed E-state index contributed by atoms with van der Waals surface area (Å²) < 4.78 is 38.2. The van der Waals surface area contributed by atoms with Gasteiger partial charge in [-0.05, 0) is 36.6 Å². The second kappa shape index (κ2) is 10.4. The maximum Gasteiger partial charge on any atom is 0.304 e. The molecule has 1 fully saturated rings. The van der Waals surface area contributed by atoms with Crippen molar-refractivity contribution in [3.05, 3.63) is 48.0 Å². The molecule has 0 bridgehead atoms. The lowest BCUT2D eigenvalue weighted by atomic mass is 9.97. The number of rotatable bonds is 8. The number of nitrogens with zero attached hydrogens (tertiary/aromatic N) is 1. The number of benzene rings is 2. The first-order valence-electron chi connectivity index (χ1n) is 10.5. The molecule has 0 spiro atoms. The number of hydrogen-bond acceptors (Lipinski definition) is 4. The maximum absolute atomic E-state index is 13.7. The van der Waals surface area contributed by atoms with Gasteiger partial charge in [0, 0.05) is 36.6 Å². The summed E-state index contributed by atoms with van der Waals surface area (Å²) in [4.78, 5) is 25.1. The van der Waals surface area contributed by atoms with E-state index in [-0.39, 0.29) is 24.0 Å². The molecule has 1 heterocycles. The molecule has 32 heavy (non-hydrogen) atoms. The summed E-state index contributed by atoms with van der Waals surface area (Å²) in [6.07, 6.45) is 1.58. The molecule has 1 aliphatic heterocycles. The molecule has 0 aromatic heterocycles. The Morgan fingerprint density at radius 1 is 1.19 bits per heavy atom. The van der Waals surface area contributed by atoms with Crippen LogP contribution in [-0.4, -0.2) is 48.7 Å². The number of methoxy groups -OCH3 is 1. The van der Waals surface area contributed by atoms with Gasteiger partial charge in [0.05, 0.1) is 20.1 Å². The fraction of sp³-hybridized carbons (Fsp3) is 0.417. The number of ether oxygens (including phenoxy) is 2. The SMILES string of the molecule is COc1cc(F)c(F)cc1-c1ccc(OCC2CCCN(C(=O)[C@H](C)CC(=O)O)C2)cc1. The molecule has 3 rings (SSSR count). The van der Waals surface area contributed by atoms with Gasteiger partial charge in [-0.15, -0.1) is 0 Å². The van der Waals surface area contributed by atoms with Gasteiger partial charge in [0.15, 0.2) is 11.6 Å². The second-order valence-electron chi connectivity index (χ2n) is 8.09. The molecule has 0 aliphatic carbocycles. The second-order valence-corrected chi connectivity index (χ2v) is 8.09. The van der Waals surface area contributed by atoms with Gasteiger partial charge in [-0.2, -0.15) is 0 Å². The topological polar surface area (TPSA) is 76.1 Å². The van der Waals surface area contributed by atoms with Gasteiger partial charge in [-0.25, -0.2) is 8.78 Å².